The lowest BCUT2D eigenvalue weighted by molar-refractivity contribution is 0.0957. The zero-order valence-corrected chi connectivity index (χ0v) is 12.4. The van der Waals surface area contributed by atoms with Crippen LogP contribution in [0.3, 0.4) is 0 Å². The molecule has 1 aromatic heterocycles. The highest BCUT2D eigenvalue weighted by Gasteiger charge is 2.24. The van der Waals surface area contributed by atoms with E-state index in [0.29, 0.717) is 30.2 Å². The summed E-state index contributed by atoms with van der Waals surface area (Å²) in [7, 11) is 1.53. The summed E-state index contributed by atoms with van der Waals surface area (Å²) in [5.41, 5.74) is 1.87. The smallest absolute Gasteiger partial charge is 0.411 e. The zero-order valence-electron chi connectivity index (χ0n) is 12.4. The number of nitrogens with zero attached hydrogens (tertiary/aromatic N) is 2. The van der Waals surface area contributed by atoms with Crippen LogP contribution in [0, 0.1) is 0 Å². The third-order valence-electron chi connectivity index (χ3n) is 3.60. The lowest BCUT2D eigenvalue weighted by Crippen LogP contribution is -2.26. The highest BCUT2D eigenvalue weighted by molar-refractivity contribution is 5.92. The van der Waals surface area contributed by atoms with Crippen LogP contribution in [0.25, 0.3) is 0 Å². The van der Waals surface area contributed by atoms with Gasteiger partial charge < -0.3 is 15.2 Å². The van der Waals surface area contributed by atoms with Crippen molar-refractivity contribution in [2.75, 3.05) is 18.5 Å². The first kappa shape index (κ1) is 14.8. The summed E-state index contributed by atoms with van der Waals surface area (Å²) in [5.74, 6) is 0.790. The van der Waals surface area contributed by atoms with Crippen LogP contribution >= 0.6 is 0 Å². The minimum Gasteiger partial charge on any atom is -0.465 e. The summed E-state index contributed by atoms with van der Waals surface area (Å²) >= 11 is 0. The molecule has 2 aromatic rings. The molecule has 0 saturated carbocycles. The van der Waals surface area contributed by atoms with E-state index in [-0.39, 0.29) is 11.6 Å². The number of carboxylic acid groups (broad SMARTS) is 1. The van der Waals surface area contributed by atoms with Crippen molar-refractivity contribution in [1.29, 1.82) is 0 Å². The first-order chi connectivity index (χ1) is 11.1. The number of ether oxygens (including phenoxy) is 1. The standard InChI is InChI=1S/C16H15N3O4/c1-17-15(20)13-9-12(4-6-18-13)23-11-2-3-14-10(8-11)5-7-19(14)16(21)22/h2-4,6,8-9H,5,7H2,1H3,(H,17,20)(H,21,22). The highest BCUT2D eigenvalue weighted by atomic mass is 16.5. The number of hydrogen-bond donors (Lipinski definition) is 2. The molecule has 0 fully saturated rings. The van der Waals surface area contributed by atoms with Crippen molar-refractivity contribution in [2.24, 2.45) is 0 Å². The van der Waals surface area contributed by atoms with E-state index in [0.717, 1.165) is 5.56 Å². The molecular weight excluding hydrogens is 298 g/mol. The van der Waals surface area contributed by atoms with Crippen LogP contribution in [0.2, 0.25) is 0 Å². The van der Waals surface area contributed by atoms with E-state index in [4.69, 9.17) is 9.84 Å². The second-order valence-corrected chi connectivity index (χ2v) is 5.03. The van der Waals surface area contributed by atoms with E-state index < -0.39 is 6.09 Å². The second-order valence-electron chi connectivity index (χ2n) is 5.03. The molecule has 2 amide bonds. The molecule has 0 saturated heterocycles. The molecule has 23 heavy (non-hydrogen) atoms. The molecular formula is C16H15N3O4. The number of carbonyl (C=O) groups is 2. The number of carbonyl (C=O) groups excluding carboxylic acids is 1. The Labute approximate surface area is 132 Å². The molecule has 0 atom stereocenters. The summed E-state index contributed by atoms with van der Waals surface area (Å²) in [6.07, 6.45) is 1.19. The fourth-order valence-electron chi connectivity index (χ4n) is 2.50. The SMILES string of the molecule is CNC(=O)c1cc(Oc2ccc3c(c2)CCN3C(=O)O)ccn1. The van der Waals surface area contributed by atoms with E-state index in [1.54, 1.807) is 24.3 Å². The summed E-state index contributed by atoms with van der Waals surface area (Å²) in [5, 5.41) is 11.6. The van der Waals surface area contributed by atoms with Crippen LogP contribution < -0.4 is 15.0 Å². The van der Waals surface area contributed by atoms with Crippen molar-refractivity contribution in [3.05, 3.63) is 47.8 Å². The van der Waals surface area contributed by atoms with Gasteiger partial charge in [-0.2, -0.15) is 0 Å². The molecule has 0 spiro atoms. The van der Waals surface area contributed by atoms with Crippen molar-refractivity contribution >= 4 is 17.7 Å². The number of rotatable bonds is 3. The number of fused-ring (bicyclic) bond motifs is 1. The molecule has 0 bridgehead atoms. The third-order valence-corrected chi connectivity index (χ3v) is 3.60. The molecule has 0 unspecified atom stereocenters. The molecule has 0 aliphatic carbocycles. The number of hydrogen-bond acceptors (Lipinski definition) is 4. The first-order valence-electron chi connectivity index (χ1n) is 7.08. The van der Waals surface area contributed by atoms with Gasteiger partial charge in [0.25, 0.3) is 5.91 Å². The molecule has 1 aromatic carbocycles. The van der Waals surface area contributed by atoms with Gasteiger partial charge in [0.1, 0.15) is 17.2 Å². The molecule has 2 heterocycles. The van der Waals surface area contributed by atoms with E-state index in [2.05, 4.69) is 10.3 Å². The second kappa shape index (κ2) is 5.96. The van der Waals surface area contributed by atoms with Crippen LogP contribution in [-0.4, -0.2) is 35.7 Å². The van der Waals surface area contributed by atoms with Gasteiger partial charge >= 0.3 is 6.09 Å². The molecule has 7 heteroatoms. The Hall–Kier alpha value is -3.09. The predicted molar refractivity (Wildman–Crippen MR) is 83.2 cm³/mol. The highest BCUT2D eigenvalue weighted by Crippen LogP contribution is 2.33. The molecule has 7 nitrogen and oxygen atoms in total. The van der Waals surface area contributed by atoms with Gasteiger partial charge in [0.05, 0.1) is 5.69 Å². The van der Waals surface area contributed by atoms with Gasteiger partial charge in [0.2, 0.25) is 0 Å². The maximum atomic E-state index is 11.6. The van der Waals surface area contributed by atoms with E-state index in [1.165, 1.54) is 18.1 Å². The summed E-state index contributed by atoms with van der Waals surface area (Å²) < 4.78 is 5.75. The number of benzene rings is 1. The zero-order chi connectivity index (χ0) is 16.4. The van der Waals surface area contributed by atoms with Gasteiger partial charge in [-0.05, 0) is 36.2 Å². The quantitative estimate of drug-likeness (QED) is 0.907. The largest absolute Gasteiger partial charge is 0.465 e. The average Bonchev–Trinajstić information content (AvgIpc) is 2.97. The summed E-state index contributed by atoms with van der Waals surface area (Å²) in [6.45, 7) is 0.449. The van der Waals surface area contributed by atoms with Crippen LogP contribution in [0.4, 0.5) is 10.5 Å². The number of anilines is 1. The van der Waals surface area contributed by atoms with Crippen molar-refractivity contribution in [3.8, 4) is 11.5 Å². The van der Waals surface area contributed by atoms with Crippen LogP contribution in [-0.2, 0) is 6.42 Å². The van der Waals surface area contributed by atoms with Crippen molar-refractivity contribution in [1.82, 2.24) is 10.3 Å². The lowest BCUT2D eigenvalue weighted by atomic mass is 10.1. The lowest BCUT2D eigenvalue weighted by Gasteiger charge is -2.13. The fraction of sp³-hybridized carbons (Fsp3) is 0.188. The van der Waals surface area contributed by atoms with Crippen LogP contribution in [0.15, 0.2) is 36.5 Å². The Balaban J connectivity index is 1.82. The maximum Gasteiger partial charge on any atom is 0.411 e. The molecule has 2 N–H and O–H groups in total. The maximum absolute atomic E-state index is 11.6. The number of amides is 2. The van der Waals surface area contributed by atoms with Gasteiger partial charge in [-0.3, -0.25) is 14.7 Å². The Morgan fingerprint density at radius 3 is 2.78 bits per heavy atom. The first-order valence-corrected chi connectivity index (χ1v) is 7.08. The number of aromatic nitrogens is 1. The Morgan fingerprint density at radius 2 is 2.04 bits per heavy atom. The van der Waals surface area contributed by atoms with Crippen LogP contribution in [0.1, 0.15) is 16.1 Å². The topological polar surface area (TPSA) is 91.8 Å². The number of pyridine rings is 1. The van der Waals surface area contributed by atoms with Crippen molar-refractivity contribution in [2.45, 2.75) is 6.42 Å². The van der Waals surface area contributed by atoms with Crippen LogP contribution in [0.5, 0.6) is 11.5 Å². The van der Waals surface area contributed by atoms with E-state index >= 15 is 0 Å². The monoisotopic (exact) mass is 313 g/mol. The third kappa shape index (κ3) is 2.94. The van der Waals surface area contributed by atoms with Gasteiger partial charge in [-0.25, -0.2) is 4.79 Å². The van der Waals surface area contributed by atoms with E-state index in [1.807, 2.05) is 6.07 Å². The average molecular weight is 313 g/mol. The van der Waals surface area contributed by atoms with E-state index in [9.17, 15) is 9.59 Å². The van der Waals surface area contributed by atoms with Gasteiger partial charge in [0.15, 0.2) is 0 Å². The van der Waals surface area contributed by atoms with Gasteiger partial charge in [0, 0.05) is 25.9 Å². The fourth-order valence-corrected chi connectivity index (χ4v) is 2.50. The Kier molecular flexibility index (Phi) is 3.84. The minimum absolute atomic E-state index is 0.267. The normalized spacial score (nSPS) is 12.7. The van der Waals surface area contributed by atoms with Gasteiger partial charge in [-0.15, -0.1) is 0 Å². The Bertz CT molecular complexity index is 776. The molecule has 1 aliphatic heterocycles. The molecule has 0 radical (unpaired) electrons. The molecule has 1 aliphatic rings. The molecule has 3 rings (SSSR count). The predicted octanol–water partition coefficient (Wildman–Crippen LogP) is 2.27. The summed E-state index contributed by atoms with van der Waals surface area (Å²) in [4.78, 5) is 28.0. The van der Waals surface area contributed by atoms with Crippen molar-refractivity contribution < 1.29 is 19.4 Å². The Morgan fingerprint density at radius 1 is 1.26 bits per heavy atom. The summed E-state index contributed by atoms with van der Waals surface area (Å²) in [6, 6.07) is 8.46. The number of nitrogens with one attached hydrogen (secondary N) is 1. The van der Waals surface area contributed by atoms with Gasteiger partial charge in [-0.1, -0.05) is 0 Å². The minimum atomic E-state index is -0.957. The molecule has 118 valence electrons. The van der Waals surface area contributed by atoms with Crippen molar-refractivity contribution in [3.63, 3.8) is 0 Å².